The monoisotopic (exact) mass is 356 g/mol. The molecular formula is C11H25IN4O. The summed E-state index contributed by atoms with van der Waals surface area (Å²) in [6.07, 6.45) is 0.945. The lowest BCUT2D eigenvalue weighted by molar-refractivity contribution is -0.120. The third-order valence-corrected chi connectivity index (χ3v) is 1.71. The molecule has 0 heterocycles. The van der Waals surface area contributed by atoms with E-state index in [1.807, 2.05) is 27.7 Å². The van der Waals surface area contributed by atoms with Crippen molar-refractivity contribution in [2.45, 2.75) is 39.7 Å². The number of rotatable bonds is 4. The Kier molecular flexibility index (Phi) is 10.5. The minimum atomic E-state index is -0.0677. The van der Waals surface area contributed by atoms with Gasteiger partial charge in [0.1, 0.15) is 0 Å². The maximum atomic E-state index is 11.3. The highest BCUT2D eigenvalue weighted by atomic mass is 127. The predicted molar refractivity (Wildman–Crippen MR) is 83.0 cm³/mol. The van der Waals surface area contributed by atoms with Gasteiger partial charge in [0.2, 0.25) is 5.91 Å². The highest BCUT2D eigenvalue weighted by Crippen LogP contribution is 1.97. The predicted octanol–water partition coefficient (Wildman–Crippen LogP) is 1.09. The Hall–Kier alpha value is -0.530. The van der Waals surface area contributed by atoms with Gasteiger partial charge in [0.05, 0.1) is 6.54 Å². The molecule has 17 heavy (non-hydrogen) atoms. The molecule has 0 rings (SSSR count). The standard InChI is InChI=1S/C11H24N4O.HI/c1-6-7-13-9(16)8-14-10(12-5)15-11(2,3)4;/h6-8H2,1-5H3,(H,13,16)(H2,12,14,15);1H. The Bertz CT molecular complexity index is 248. The van der Waals surface area contributed by atoms with Crippen LogP contribution in [0, 0.1) is 0 Å². The van der Waals surface area contributed by atoms with Crippen molar-refractivity contribution in [3.8, 4) is 0 Å². The maximum Gasteiger partial charge on any atom is 0.239 e. The van der Waals surface area contributed by atoms with E-state index in [0.29, 0.717) is 12.5 Å². The van der Waals surface area contributed by atoms with Crippen molar-refractivity contribution in [3.05, 3.63) is 0 Å². The van der Waals surface area contributed by atoms with Crippen LogP contribution >= 0.6 is 24.0 Å². The molecule has 6 heteroatoms. The molecule has 1 amide bonds. The van der Waals surface area contributed by atoms with Crippen molar-refractivity contribution in [1.29, 1.82) is 0 Å². The average Bonchev–Trinajstić information content (AvgIpc) is 2.19. The van der Waals surface area contributed by atoms with E-state index in [0.717, 1.165) is 6.42 Å². The first-order valence-corrected chi connectivity index (χ1v) is 5.64. The van der Waals surface area contributed by atoms with E-state index in [4.69, 9.17) is 0 Å². The normalized spacial score (nSPS) is 11.5. The lowest BCUT2D eigenvalue weighted by Crippen LogP contribution is -2.49. The third kappa shape index (κ3) is 11.7. The maximum absolute atomic E-state index is 11.3. The highest BCUT2D eigenvalue weighted by Gasteiger charge is 2.12. The second-order valence-corrected chi connectivity index (χ2v) is 4.65. The van der Waals surface area contributed by atoms with Gasteiger partial charge in [-0.15, -0.1) is 24.0 Å². The lowest BCUT2D eigenvalue weighted by atomic mass is 10.1. The van der Waals surface area contributed by atoms with Gasteiger partial charge in [-0.1, -0.05) is 6.92 Å². The van der Waals surface area contributed by atoms with E-state index in [1.165, 1.54) is 0 Å². The minimum absolute atomic E-state index is 0. The van der Waals surface area contributed by atoms with Crippen LogP contribution in [0.25, 0.3) is 0 Å². The number of nitrogens with zero attached hydrogens (tertiary/aromatic N) is 1. The van der Waals surface area contributed by atoms with Gasteiger partial charge in [0.25, 0.3) is 0 Å². The Balaban J connectivity index is 0. The van der Waals surface area contributed by atoms with Gasteiger partial charge in [-0.25, -0.2) is 0 Å². The summed E-state index contributed by atoms with van der Waals surface area (Å²) in [4.78, 5) is 15.4. The summed E-state index contributed by atoms with van der Waals surface area (Å²) in [7, 11) is 1.69. The van der Waals surface area contributed by atoms with E-state index in [-0.39, 0.29) is 42.0 Å². The lowest BCUT2D eigenvalue weighted by Gasteiger charge is -2.23. The summed E-state index contributed by atoms with van der Waals surface area (Å²) in [6.45, 7) is 9.10. The number of amides is 1. The zero-order chi connectivity index (χ0) is 12.6. The zero-order valence-electron chi connectivity index (χ0n) is 11.4. The molecule has 0 bridgehead atoms. The Morgan fingerprint density at radius 3 is 2.24 bits per heavy atom. The average molecular weight is 356 g/mol. The summed E-state index contributed by atoms with van der Waals surface area (Å²) in [5.41, 5.74) is -0.0677. The smallest absolute Gasteiger partial charge is 0.239 e. The van der Waals surface area contributed by atoms with Gasteiger partial charge in [0.15, 0.2) is 5.96 Å². The van der Waals surface area contributed by atoms with Crippen molar-refractivity contribution >= 4 is 35.8 Å². The fourth-order valence-electron chi connectivity index (χ4n) is 1.03. The molecule has 0 spiro atoms. The van der Waals surface area contributed by atoms with E-state index in [1.54, 1.807) is 7.05 Å². The first-order valence-electron chi connectivity index (χ1n) is 5.64. The molecule has 0 aromatic carbocycles. The summed E-state index contributed by atoms with van der Waals surface area (Å²) < 4.78 is 0. The van der Waals surface area contributed by atoms with Crippen LogP contribution < -0.4 is 16.0 Å². The molecule has 3 N–H and O–H groups in total. The number of guanidine groups is 1. The van der Waals surface area contributed by atoms with E-state index < -0.39 is 0 Å². The first kappa shape index (κ1) is 18.8. The number of carbonyl (C=O) groups excluding carboxylic acids is 1. The number of aliphatic imine (C=N–C) groups is 1. The van der Waals surface area contributed by atoms with Crippen LogP contribution in [0.3, 0.4) is 0 Å². The molecule has 0 radical (unpaired) electrons. The SMILES string of the molecule is CCCNC(=O)CNC(=NC)NC(C)(C)C.I. The Morgan fingerprint density at radius 1 is 1.24 bits per heavy atom. The number of hydrogen-bond acceptors (Lipinski definition) is 2. The molecule has 5 nitrogen and oxygen atoms in total. The molecule has 0 saturated heterocycles. The fourth-order valence-corrected chi connectivity index (χ4v) is 1.03. The van der Waals surface area contributed by atoms with Gasteiger partial charge in [-0.3, -0.25) is 9.79 Å². The quantitative estimate of drug-likeness (QED) is 0.402. The zero-order valence-corrected chi connectivity index (χ0v) is 13.7. The van der Waals surface area contributed by atoms with Gasteiger partial charge >= 0.3 is 0 Å². The van der Waals surface area contributed by atoms with E-state index in [2.05, 4.69) is 20.9 Å². The molecule has 0 atom stereocenters. The molecule has 0 aromatic heterocycles. The van der Waals surface area contributed by atoms with Crippen LogP contribution in [0.4, 0.5) is 0 Å². The number of halogens is 1. The Morgan fingerprint density at radius 2 is 1.82 bits per heavy atom. The summed E-state index contributed by atoms with van der Waals surface area (Å²) in [5.74, 6) is 0.623. The molecule has 0 aliphatic carbocycles. The summed E-state index contributed by atoms with van der Waals surface area (Å²) in [5, 5.41) is 8.93. The van der Waals surface area contributed by atoms with Crippen molar-refractivity contribution in [2.24, 2.45) is 4.99 Å². The molecule has 0 unspecified atom stereocenters. The summed E-state index contributed by atoms with van der Waals surface area (Å²) >= 11 is 0. The molecule has 0 saturated carbocycles. The molecule has 0 aliphatic heterocycles. The molecule has 0 fully saturated rings. The Labute approximate surface area is 121 Å². The van der Waals surface area contributed by atoms with Gasteiger partial charge in [-0.05, 0) is 27.2 Å². The fraction of sp³-hybridized carbons (Fsp3) is 0.818. The van der Waals surface area contributed by atoms with Crippen molar-refractivity contribution in [2.75, 3.05) is 20.1 Å². The highest BCUT2D eigenvalue weighted by molar-refractivity contribution is 14.0. The van der Waals surface area contributed by atoms with E-state index in [9.17, 15) is 4.79 Å². The molecule has 102 valence electrons. The molecule has 0 aliphatic rings. The summed E-state index contributed by atoms with van der Waals surface area (Å²) in [6, 6.07) is 0. The molecular weight excluding hydrogens is 331 g/mol. The van der Waals surface area contributed by atoms with Gasteiger partial charge in [-0.2, -0.15) is 0 Å². The van der Waals surface area contributed by atoms with Crippen LogP contribution in [0.15, 0.2) is 4.99 Å². The van der Waals surface area contributed by atoms with Crippen molar-refractivity contribution in [1.82, 2.24) is 16.0 Å². The van der Waals surface area contributed by atoms with Crippen LogP contribution in [0.2, 0.25) is 0 Å². The second-order valence-electron chi connectivity index (χ2n) is 4.65. The minimum Gasteiger partial charge on any atom is -0.355 e. The van der Waals surface area contributed by atoms with Gasteiger partial charge < -0.3 is 16.0 Å². The number of nitrogens with one attached hydrogen (secondary N) is 3. The largest absolute Gasteiger partial charge is 0.355 e. The molecule has 0 aromatic rings. The third-order valence-electron chi connectivity index (χ3n) is 1.71. The van der Waals surface area contributed by atoms with Crippen LogP contribution in [-0.4, -0.2) is 37.5 Å². The topological polar surface area (TPSA) is 65.5 Å². The van der Waals surface area contributed by atoms with Crippen molar-refractivity contribution in [3.63, 3.8) is 0 Å². The second kappa shape index (κ2) is 9.49. The van der Waals surface area contributed by atoms with E-state index >= 15 is 0 Å². The first-order chi connectivity index (χ1) is 7.39. The number of hydrogen-bond donors (Lipinski definition) is 3. The van der Waals surface area contributed by atoms with Gasteiger partial charge in [0, 0.05) is 19.1 Å². The van der Waals surface area contributed by atoms with Crippen LogP contribution in [0.1, 0.15) is 34.1 Å². The van der Waals surface area contributed by atoms with Crippen molar-refractivity contribution < 1.29 is 4.79 Å². The number of carbonyl (C=O) groups is 1. The van der Waals surface area contributed by atoms with Crippen LogP contribution in [0.5, 0.6) is 0 Å². The van der Waals surface area contributed by atoms with Crippen LogP contribution in [-0.2, 0) is 4.79 Å².